The number of alkyl halides is 2. The van der Waals surface area contributed by atoms with Crippen molar-refractivity contribution < 1.29 is 18.4 Å². The molecule has 2 aliphatic rings. The van der Waals surface area contributed by atoms with Gasteiger partial charge in [-0.25, -0.2) is 0 Å². The summed E-state index contributed by atoms with van der Waals surface area (Å²) in [6, 6.07) is 6.30. The number of nitrogens with zero attached hydrogens (tertiary/aromatic N) is 3. The highest BCUT2D eigenvalue weighted by atomic mass is 32.2. The van der Waals surface area contributed by atoms with Crippen LogP contribution >= 0.6 is 11.8 Å². The van der Waals surface area contributed by atoms with Crippen molar-refractivity contribution in [2.75, 3.05) is 45.8 Å². The monoisotopic (exact) mass is 397 g/mol. The van der Waals surface area contributed by atoms with Crippen LogP contribution in [0.1, 0.15) is 29.6 Å². The van der Waals surface area contributed by atoms with E-state index in [0.717, 1.165) is 25.9 Å². The van der Waals surface area contributed by atoms with E-state index in [-0.39, 0.29) is 11.8 Å². The van der Waals surface area contributed by atoms with Crippen molar-refractivity contribution in [1.82, 2.24) is 14.7 Å². The van der Waals surface area contributed by atoms with Crippen molar-refractivity contribution in [2.45, 2.75) is 29.9 Å². The highest BCUT2D eigenvalue weighted by Gasteiger charge is 2.25. The Labute approximate surface area is 162 Å². The van der Waals surface area contributed by atoms with Gasteiger partial charge in [0.05, 0.1) is 6.54 Å². The number of halogens is 2. The third-order valence-electron chi connectivity index (χ3n) is 5.05. The Kier molecular flexibility index (Phi) is 7.07. The summed E-state index contributed by atoms with van der Waals surface area (Å²) < 4.78 is 24.7. The number of carbonyl (C=O) groups excluding carboxylic acids is 2. The summed E-state index contributed by atoms with van der Waals surface area (Å²) in [5.41, 5.74) is 0.506. The number of piperidine rings is 1. The van der Waals surface area contributed by atoms with Gasteiger partial charge in [-0.2, -0.15) is 8.78 Å². The zero-order valence-corrected chi connectivity index (χ0v) is 16.1. The zero-order valence-electron chi connectivity index (χ0n) is 15.3. The molecule has 1 aromatic carbocycles. The first kappa shape index (κ1) is 20.1. The van der Waals surface area contributed by atoms with Gasteiger partial charge in [-0.3, -0.25) is 14.5 Å². The highest BCUT2D eigenvalue weighted by Crippen LogP contribution is 2.25. The summed E-state index contributed by atoms with van der Waals surface area (Å²) in [5, 5.41) is 0. The van der Waals surface area contributed by atoms with Gasteiger partial charge in [0.25, 0.3) is 11.7 Å². The molecule has 0 bridgehead atoms. The van der Waals surface area contributed by atoms with Crippen LogP contribution in [-0.2, 0) is 4.79 Å². The first-order valence-corrected chi connectivity index (χ1v) is 10.2. The minimum atomic E-state index is -2.47. The summed E-state index contributed by atoms with van der Waals surface area (Å²) in [6.07, 6.45) is 3.37. The van der Waals surface area contributed by atoms with Crippen LogP contribution < -0.4 is 0 Å². The lowest BCUT2D eigenvalue weighted by atomic mass is 10.1. The summed E-state index contributed by atoms with van der Waals surface area (Å²) in [5.74, 6) is -2.38. The van der Waals surface area contributed by atoms with Crippen LogP contribution in [0, 0.1) is 0 Å². The number of benzene rings is 1. The van der Waals surface area contributed by atoms with E-state index in [1.54, 1.807) is 29.2 Å². The lowest BCUT2D eigenvalue weighted by Crippen LogP contribution is -2.52. The Morgan fingerprint density at radius 1 is 0.889 bits per heavy atom. The highest BCUT2D eigenvalue weighted by molar-refractivity contribution is 7.99. The molecule has 2 aliphatic heterocycles. The fraction of sp³-hybridized carbons (Fsp3) is 0.579. The largest absolute Gasteiger partial charge is 0.342 e. The number of thioether (sulfide) groups is 1. The fourth-order valence-electron chi connectivity index (χ4n) is 3.51. The molecule has 0 saturated carbocycles. The predicted molar refractivity (Wildman–Crippen MR) is 101 cm³/mol. The number of likely N-dealkylation sites (tertiary alicyclic amines) is 1. The predicted octanol–water partition coefficient (Wildman–Crippen LogP) is 2.77. The van der Waals surface area contributed by atoms with E-state index >= 15 is 0 Å². The molecular formula is C19H25F2N3O2S. The molecule has 0 radical (unpaired) electrons. The Bertz CT molecular complexity index is 643. The average Bonchev–Trinajstić information content (AvgIpc) is 2.69. The topological polar surface area (TPSA) is 43.9 Å². The minimum absolute atomic E-state index is 0.0920. The molecule has 5 nitrogen and oxygen atoms in total. The second kappa shape index (κ2) is 9.50. The molecule has 148 valence electrons. The van der Waals surface area contributed by atoms with Crippen LogP contribution in [-0.4, -0.2) is 78.1 Å². The number of rotatable bonds is 5. The molecule has 27 heavy (non-hydrogen) atoms. The van der Waals surface area contributed by atoms with Gasteiger partial charge in [0.1, 0.15) is 0 Å². The van der Waals surface area contributed by atoms with E-state index in [4.69, 9.17) is 0 Å². The number of hydrogen-bond donors (Lipinski definition) is 0. The molecular weight excluding hydrogens is 372 g/mol. The number of amides is 2. The number of hydrogen-bond acceptors (Lipinski definition) is 4. The van der Waals surface area contributed by atoms with E-state index in [2.05, 4.69) is 4.90 Å². The Balaban J connectivity index is 1.46. The SMILES string of the molecule is O=C(CN1CCN(C(=O)c2ccc(SC(F)F)cc2)CC1)N1CCCCC1. The van der Waals surface area contributed by atoms with Gasteiger partial charge in [0.2, 0.25) is 5.91 Å². The van der Waals surface area contributed by atoms with E-state index in [1.807, 2.05) is 4.90 Å². The standard InChI is InChI=1S/C19H25F2N3O2S/c20-19(21)27-16-6-4-15(5-7-16)18(26)24-12-10-22(11-13-24)14-17(25)23-8-2-1-3-9-23/h4-7,19H,1-3,8-14H2. The van der Waals surface area contributed by atoms with Crippen molar-refractivity contribution in [3.63, 3.8) is 0 Å². The number of carbonyl (C=O) groups is 2. The fourth-order valence-corrected chi connectivity index (χ4v) is 4.00. The molecule has 0 unspecified atom stereocenters. The lowest BCUT2D eigenvalue weighted by molar-refractivity contribution is -0.133. The number of piperazine rings is 1. The van der Waals surface area contributed by atoms with E-state index in [0.29, 0.717) is 54.9 Å². The van der Waals surface area contributed by atoms with Crippen molar-refractivity contribution >= 4 is 23.6 Å². The van der Waals surface area contributed by atoms with Gasteiger partial charge in [-0.1, -0.05) is 11.8 Å². The van der Waals surface area contributed by atoms with Crippen LogP contribution in [0.15, 0.2) is 29.2 Å². The van der Waals surface area contributed by atoms with Gasteiger partial charge in [0, 0.05) is 49.7 Å². The molecule has 0 atom stereocenters. The lowest BCUT2D eigenvalue weighted by Gasteiger charge is -2.36. The zero-order chi connectivity index (χ0) is 19.2. The molecule has 2 amide bonds. The molecule has 2 saturated heterocycles. The quantitative estimate of drug-likeness (QED) is 0.717. The van der Waals surface area contributed by atoms with Crippen molar-refractivity contribution in [2.24, 2.45) is 0 Å². The van der Waals surface area contributed by atoms with Gasteiger partial charge >= 0.3 is 0 Å². The van der Waals surface area contributed by atoms with Crippen LogP contribution in [0.4, 0.5) is 8.78 Å². The Morgan fingerprint density at radius 3 is 2.11 bits per heavy atom. The molecule has 2 heterocycles. The smallest absolute Gasteiger partial charge is 0.288 e. The molecule has 2 fully saturated rings. The molecule has 8 heteroatoms. The summed E-state index contributed by atoms with van der Waals surface area (Å²) in [4.78, 5) is 31.2. The van der Waals surface area contributed by atoms with Crippen LogP contribution in [0.5, 0.6) is 0 Å². The van der Waals surface area contributed by atoms with Crippen LogP contribution in [0.3, 0.4) is 0 Å². The Morgan fingerprint density at radius 2 is 1.52 bits per heavy atom. The third kappa shape index (κ3) is 5.65. The van der Waals surface area contributed by atoms with Crippen LogP contribution in [0.2, 0.25) is 0 Å². The first-order valence-electron chi connectivity index (χ1n) is 9.37. The summed E-state index contributed by atoms with van der Waals surface area (Å²) in [6.45, 7) is 4.62. The molecule has 1 aromatic rings. The van der Waals surface area contributed by atoms with Crippen molar-refractivity contribution in [3.8, 4) is 0 Å². The normalized spacial score (nSPS) is 18.8. The van der Waals surface area contributed by atoms with E-state index in [9.17, 15) is 18.4 Å². The van der Waals surface area contributed by atoms with Gasteiger partial charge in [-0.05, 0) is 43.5 Å². The van der Waals surface area contributed by atoms with Crippen LogP contribution in [0.25, 0.3) is 0 Å². The maximum absolute atomic E-state index is 12.6. The second-order valence-electron chi connectivity index (χ2n) is 6.91. The van der Waals surface area contributed by atoms with Crippen molar-refractivity contribution in [1.29, 1.82) is 0 Å². The van der Waals surface area contributed by atoms with Gasteiger partial charge in [0.15, 0.2) is 0 Å². The maximum Gasteiger partial charge on any atom is 0.288 e. The Hall–Kier alpha value is -1.67. The van der Waals surface area contributed by atoms with Gasteiger partial charge in [-0.15, -0.1) is 0 Å². The molecule has 3 rings (SSSR count). The molecule has 0 spiro atoms. The van der Waals surface area contributed by atoms with Gasteiger partial charge < -0.3 is 9.80 Å². The van der Waals surface area contributed by atoms with E-state index in [1.165, 1.54) is 6.42 Å². The third-order valence-corrected chi connectivity index (χ3v) is 5.78. The molecule has 0 aromatic heterocycles. The van der Waals surface area contributed by atoms with E-state index < -0.39 is 5.76 Å². The summed E-state index contributed by atoms with van der Waals surface area (Å²) >= 11 is 0.471. The second-order valence-corrected chi connectivity index (χ2v) is 7.98. The minimum Gasteiger partial charge on any atom is -0.342 e. The van der Waals surface area contributed by atoms with Crippen molar-refractivity contribution in [3.05, 3.63) is 29.8 Å². The molecule has 0 aliphatic carbocycles. The first-order chi connectivity index (χ1) is 13.0. The average molecular weight is 397 g/mol. The summed E-state index contributed by atoms with van der Waals surface area (Å²) in [7, 11) is 0. The maximum atomic E-state index is 12.6. The molecule has 0 N–H and O–H groups in total.